The number of methoxy groups -OCH3 is 2. The van der Waals surface area contributed by atoms with Crippen LogP contribution in [0, 0.1) is 5.41 Å². The number of benzene rings is 2. The van der Waals surface area contributed by atoms with E-state index >= 15 is 0 Å². The van der Waals surface area contributed by atoms with Crippen LogP contribution in [-0.4, -0.2) is 38.7 Å². The number of allylic oxidation sites excluding steroid dienone is 1. The molecule has 2 aromatic rings. The van der Waals surface area contributed by atoms with Crippen LogP contribution >= 0.6 is 0 Å². The molecule has 0 aromatic heterocycles. The first-order valence-corrected chi connectivity index (χ1v) is 8.86. The summed E-state index contributed by atoms with van der Waals surface area (Å²) in [6.07, 6.45) is 3.38. The highest BCUT2D eigenvalue weighted by Crippen LogP contribution is 2.34. The molecule has 0 N–H and O–H groups in total. The molecule has 2 rings (SSSR count). The monoisotopic (exact) mass is 384 g/mol. The molecule has 0 heterocycles. The summed E-state index contributed by atoms with van der Waals surface area (Å²) in [6, 6.07) is 13.5. The molecule has 0 unspecified atom stereocenters. The third-order valence-corrected chi connectivity index (χ3v) is 4.54. The van der Waals surface area contributed by atoms with E-state index in [0.29, 0.717) is 0 Å². The largest absolute Gasteiger partial charge is 0.468 e. The average Bonchev–Trinajstić information content (AvgIpc) is 2.71. The Morgan fingerprint density at radius 1 is 0.929 bits per heavy atom. The summed E-state index contributed by atoms with van der Waals surface area (Å²) in [5.74, 6) is -1.76. The first kappa shape index (κ1) is 21.2. The van der Waals surface area contributed by atoms with Crippen molar-refractivity contribution in [1.29, 1.82) is 0 Å². The first-order chi connectivity index (χ1) is 13.4. The molecule has 148 valence electrons. The third kappa shape index (κ3) is 4.76. The van der Waals surface area contributed by atoms with E-state index in [1.165, 1.54) is 21.1 Å². The Bertz CT molecular complexity index is 862. The van der Waals surface area contributed by atoms with Crippen LogP contribution in [0.15, 0.2) is 54.6 Å². The SMILES string of the molecule is COC(=O)C(C/C=C/COC(C)=O)(Cc1cccc2ccccc12)C(=O)OC. The highest BCUT2D eigenvalue weighted by molar-refractivity contribution is 6.01. The van der Waals surface area contributed by atoms with Crippen LogP contribution in [-0.2, 0) is 35.0 Å². The second-order valence-corrected chi connectivity index (χ2v) is 6.36. The second kappa shape index (κ2) is 9.69. The topological polar surface area (TPSA) is 78.9 Å². The van der Waals surface area contributed by atoms with Crippen molar-refractivity contribution in [3.05, 3.63) is 60.2 Å². The van der Waals surface area contributed by atoms with Crippen molar-refractivity contribution in [2.75, 3.05) is 20.8 Å². The number of carbonyl (C=O) groups is 3. The maximum Gasteiger partial charge on any atom is 0.323 e. The molecule has 0 atom stereocenters. The Hall–Kier alpha value is -3.15. The van der Waals surface area contributed by atoms with E-state index in [-0.39, 0.29) is 19.4 Å². The Morgan fingerprint density at radius 2 is 1.57 bits per heavy atom. The Morgan fingerprint density at radius 3 is 2.21 bits per heavy atom. The fourth-order valence-corrected chi connectivity index (χ4v) is 3.15. The van der Waals surface area contributed by atoms with E-state index in [1.807, 2.05) is 42.5 Å². The van der Waals surface area contributed by atoms with Gasteiger partial charge in [-0.15, -0.1) is 0 Å². The lowest BCUT2D eigenvalue weighted by molar-refractivity contribution is -0.169. The summed E-state index contributed by atoms with van der Waals surface area (Å²) in [5, 5.41) is 1.96. The van der Waals surface area contributed by atoms with E-state index in [2.05, 4.69) is 0 Å². The molecule has 0 spiro atoms. The number of rotatable bonds is 8. The van der Waals surface area contributed by atoms with Gasteiger partial charge in [0.15, 0.2) is 5.41 Å². The minimum atomic E-state index is -1.54. The lowest BCUT2D eigenvalue weighted by atomic mass is 9.77. The number of fused-ring (bicyclic) bond motifs is 1. The van der Waals surface area contributed by atoms with Crippen LogP contribution in [0.3, 0.4) is 0 Å². The standard InChI is InChI=1S/C22H24O6/c1-16(23)28-14-7-6-13-22(20(24)26-2,21(25)27-3)15-18-11-8-10-17-9-4-5-12-19(17)18/h4-12H,13-15H2,1-3H3/b7-6+. The fourth-order valence-electron chi connectivity index (χ4n) is 3.15. The van der Waals surface area contributed by atoms with Crippen molar-refractivity contribution >= 4 is 28.7 Å². The number of hydrogen-bond donors (Lipinski definition) is 0. The van der Waals surface area contributed by atoms with Crippen molar-refractivity contribution in [3.63, 3.8) is 0 Å². The van der Waals surface area contributed by atoms with Crippen LogP contribution in [0.25, 0.3) is 10.8 Å². The van der Waals surface area contributed by atoms with Crippen LogP contribution < -0.4 is 0 Å². The summed E-state index contributed by atoms with van der Waals surface area (Å²) < 4.78 is 14.8. The molecule has 0 aliphatic rings. The molecule has 0 amide bonds. The van der Waals surface area contributed by atoms with Gasteiger partial charge < -0.3 is 14.2 Å². The predicted molar refractivity (Wildman–Crippen MR) is 105 cm³/mol. The molecule has 0 saturated heterocycles. The van der Waals surface area contributed by atoms with Crippen LogP contribution in [0.1, 0.15) is 18.9 Å². The highest BCUT2D eigenvalue weighted by Gasteiger charge is 2.47. The summed E-state index contributed by atoms with van der Waals surface area (Å²) in [7, 11) is 2.48. The van der Waals surface area contributed by atoms with Gasteiger partial charge in [-0.1, -0.05) is 54.6 Å². The van der Waals surface area contributed by atoms with E-state index < -0.39 is 23.3 Å². The molecule has 0 aliphatic carbocycles. The smallest absolute Gasteiger partial charge is 0.323 e. The maximum atomic E-state index is 12.7. The Labute approximate surface area is 164 Å². The first-order valence-electron chi connectivity index (χ1n) is 8.86. The lowest BCUT2D eigenvalue weighted by Gasteiger charge is -2.27. The molecule has 2 aromatic carbocycles. The summed E-state index contributed by atoms with van der Waals surface area (Å²) >= 11 is 0. The molecular weight excluding hydrogens is 360 g/mol. The highest BCUT2D eigenvalue weighted by atomic mass is 16.5. The predicted octanol–water partition coefficient (Wildman–Crippen LogP) is 3.22. The zero-order valence-corrected chi connectivity index (χ0v) is 16.3. The van der Waals surface area contributed by atoms with Gasteiger partial charge in [0.25, 0.3) is 0 Å². The van der Waals surface area contributed by atoms with Gasteiger partial charge in [-0.2, -0.15) is 0 Å². The molecule has 6 heteroatoms. The summed E-state index contributed by atoms with van der Waals surface area (Å²) in [5.41, 5.74) is -0.706. The van der Waals surface area contributed by atoms with Crippen molar-refractivity contribution in [1.82, 2.24) is 0 Å². The molecule has 6 nitrogen and oxygen atoms in total. The van der Waals surface area contributed by atoms with E-state index in [4.69, 9.17) is 14.2 Å². The van der Waals surface area contributed by atoms with Gasteiger partial charge in [-0.25, -0.2) is 0 Å². The van der Waals surface area contributed by atoms with Crippen LogP contribution in [0.4, 0.5) is 0 Å². The Balaban J connectivity index is 2.42. The van der Waals surface area contributed by atoms with Crippen molar-refractivity contribution in [3.8, 4) is 0 Å². The number of esters is 3. The van der Waals surface area contributed by atoms with Gasteiger partial charge in [0.2, 0.25) is 0 Å². The van der Waals surface area contributed by atoms with Gasteiger partial charge >= 0.3 is 17.9 Å². The fraction of sp³-hybridized carbons (Fsp3) is 0.318. The second-order valence-electron chi connectivity index (χ2n) is 6.36. The Kier molecular flexibility index (Phi) is 7.32. The van der Waals surface area contributed by atoms with Gasteiger partial charge in [0, 0.05) is 13.3 Å². The van der Waals surface area contributed by atoms with E-state index in [0.717, 1.165) is 16.3 Å². The normalized spacial score (nSPS) is 11.4. The minimum absolute atomic E-state index is 0.0524. The summed E-state index contributed by atoms with van der Waals surface area (Å²) in [6.45, 7) is 1.36. The van der Waals surface area contributed by atoms with Gasteiger partial charge in [-0.3, -0.25) is 14.4 Å². The number of carbonyl (C=O) groups excluding carboxylic acids is 3. The van der Waals surface area contributed by atoms with Gasteiger partial charge in [0.05, 0.1) is 14.2 Å². The molecule has 28 heavy (non-hydrogen) atoms. The third-order valence-electron chi connectivity index (χ3n) is 4.54. The maximum absolute atomic E-state index is 12.7. The van der Waals surface area contributed by atoms with Crippen LogP contribution in [0.5, 0.6) is 0 Å². The molecular formula is C22H24O6. The average molecular weight is 384 g/mol. The van der Waals surface area contributed by atoms with Gasteiger partial charge in [-0.05, 0) is 22.8 Å². The quantitative estimate of drug-likeness (QED) is 0.301. The van der Waals surface area contributed by atoms with E-state index in [9.17, 15) is 14.4 Å². The van der Waals surface area contributed by atoms with Crippen molar-refractivity contribution in [2.45, 2.75) is 19.8 Å². The minimum Gasteiger partial charge on any atom is -0.468 e. The summed E-state index contributed by atoms with van der Waals surface area (Å²) in [4.78, 5) is 36.3. The van der Waals surface area contributed by atoms with Crippen LogP contribution in [0.2, 0.25) is 0 Å². The van der Waals surface area contributed by atoms with Crippen molar-refractivity contribution in [2.24, 2.45) is 5.41 Å². The molecule has 0 radical (unpaired) electrons. The zero-order valence-electron chi connectivity index (χ0n) is 16.3. The lowest BCUT2D eigenvalue weighted by Crippen LogP contribution is -2.43. The molecule has 0 saturated carbocycles. The van der Waals surface area contributed by atoms with Gasteiger partial charge in [0.1, 0.15) is 6.61 Å². The van der Waals surface area contributed by atoms with E-state index in [1.54, 1.807) is 12.2 Å². The number of ether oxygens (including phenoxy) is 3. The zero-order chi connectivity index (χ0) is 20.6. The molecule has 0 aliphatic heterocycles. The van der Waals surface area contributed by atoms with Crippen molar-refractivity contribution < 1.29 is 28.6 Å². The molecule has 0 fully saturated rings. The molecule has 0 bridgehead atoms. The number of hydrogen-bond acceptors (Lipinski definition) is 6.